The summed E-state index contributed by atoms with van der Waals surface area (Å²) in [4.78, 5) is 9.26. The third kappa shape index (κ3) is 5.60. The molecule has 0 radical (unpaired) electrons. The third-order valence-corrected chi connectivity index (χ3v) is 5.22. The highest BCUT2D eigenvalue weighted by atomic mass is 127. The van der Waals surface area contributed by atoms with Gasteiger partial charge in [-0.3, -0.25) is 9.67 Å². The van der Waals surface area contributed by atoms with Crippen LogP contribution in [-0.2, 0) is 13.5 Å². The highest BCUT2D eigenvalue weighted by Gasteiger charge is 2.19. The summed E-state index contributed by atoms with van der Waals surface area (Å²) in [5, 5.41) is 11.2. The predicted molar refractivity (Wildman–Crippen MR) is 116 cm³/mol. The van der Waals surface area contributed by atoms with Crippen molar-refractivity contribution in [3.05, 3.63) is 35.5 Å². The molecule has 8 heteroatoms. The molecule has 1 aliphatic heterocycles. The number of anilines is 1. The minimum absolute atomic E-state index is 0. The largest absolute Gasteiger partial charge is 0.360 e. The second kappa shape index (κ2) is 10.0. The Balaban J connectivity index is 0.00000225. The summed E-state index contributed by atoms with van der Waals surface area (Å²) in [5.74, 6) is 1.02. The molecule has 0 bridgehead atoms. The molecule has 0 spiro atoms. The number of aromatic nitrogens is 2. The molecule has 25 heavy (non-hydrogen) atoms. The summed E-state index contributed by atoms with van der Waals surface area (Å²) >= 11 is 1.82. The highest BCUT2D eigenvalue weighted by Crippen LogP contribution is 2.22. The van der Waals surface area contributed by atoms with E-state index in [1.54, 1.807) is 0 Å². The van der Waals surface area contributed by atoms with E-state index in [1.807, 2.05) is 36.3 Å². The molecule has 0 unspecified atom stereocenters. The zero-order valence-corrected chi connectivity index (χ0v) is 18.0. The number of hydrogen-bond acceptors (Lipinski definition) is 4. The van der Waals surface area contributed by atoms with Crippen LogP contribution in [0.4, 0.5) is 5.00 Å². The lowest BCUT2D eigenvalue weighted by Gasteiger charge is -2.37. The molecule has 1 aliphatic rings. The lowest BCUT2D eigenvalue weighted by molar-refractivity contribution is 0.373. The van der Waals surface area contributed by atoms with E-state index in [2.05, 4.69) is 48.9 Å². The Kier molecular flexibility index (Phi) is 8.01. The minimum Gasteiger partial charge on any atom is -0.360 e. The van der Waals surface area contributed by atoms with E-state index in [1.165, 1.54) is 10.6 Å². The Hall–Kier alpha value is -1.29. The number of rotatable bonds is 5. The van der Waals surface area contributed by atoms with Gasteiger partial charge in [-0.25, -0.2) is 0 Å². The molecule has 0 amide bonds. The first-order valence-electron chi connectivity index (χ1n) is 8.48. The van der Waals surface area contributed by atoms with Crippen LogP contribution in [0.25, 0.3) is 0 Å². The van der Waals surface area contributed by atoms with E-state index in [0.29, 0.717) is 0 Å². The van der Waals surface area contributed by atoms with Crippen LogP contribution in [-0.4, -0.2) is 60.4 Å². The summed E-state index contributed by atoms with van der Waals surface area (Å²) in [6.45, 7) is 5.07. The van der Waals surface area contributed by atoms with Crippen LogP contribution in [0.1, 0.15) is 12.0 Å². The van der Waals surface area contributed by atoms with Gasteiger partial charge < -0.3 is 15.1 Å². The molecule has 3 heterocycles. The average molecular weight is 474 g/mol. The number of thiophene rings is 1. The van der Waals surface area contributed by atoms with E-state index < -0.39 is 0 Å². The van der Waals surface area contributed by atoms with E-state index in [-0.39, 0.29) is 24.0 Å². The monoisotopic (exact) mass is 474 g/mol. The van der Waals surface area contributed by atoms with Crippen molar-refractivity contribution in [2.45, 2.75) is 12.8 Å². The van der Waals surface area contributed by atoms with E-state index in [9.17, 15) is 0 Å². The maximum Gasteiger partial charge on any atom is 0.193 e. The molecule has 1 saturated heterocycles. The normalized spacial score (nSPS) is 15.2. The Labute approximate surface area is 170 Å². The lowest BCUT2D eigenvalue weighted by atomic mass is 10.2. The number of aliphatic imine (C=N–C) groups is 1. The molecule has 0 saturated carbocycles. The van der Waals surface area contributed by atoms with Gasteiger partial charge in [0.1, 0.15) is 0 Å². The van der Waals surface area contributed by atoms with Crippen molar-refractivity contribution in [1.29, 1.82) is 0 Å². The summed E-state index contributed by atoms with van der Waals surface area (Å²) in [7, 11) is 3.83. The third-order valence-electron chi connectivity index (χ3n) is 4.29. The molecule has 3 rings (SSSR count). The number of guanidine groups is 1. The topological polar surface area (TPSA) is 48.7 Å². The maximum absolute atomic E-state index is 4.45. The Bertz CT molecular complexity index is 646. The van der Waals surface area contributed by atoms with Crippen LogP contribution < -0.4 is 10.2 Å². The number of halogens is 1. The SMILES string of the molecule is CN=C(NCCCc1cnn(C)c1)N1CCN(c2cccs2)CC1.I. The van der Waals surface area contributed by atoms with Crippen LogP contribution in [0.15, 0.2) is 34.9 Å². The van der Waals surface area contributed by atoms with E-state index in [4.69, 9.17) is 0 Å². The Morgan fingerprint density at radius 2 is 2.12 bits per heavy atom. The fraction of sp³-hybridized carbons (Fsp3) is 0.529. The van der Waals surface area contributed by atoms with Crippen LogP contribution in [0, 0.1) is 0 Å². The van der Waals surface area contributed by atoms with Crippen LogP contribution in [0.2, 0.25) is 0 Å². The number of aryl methyl sites for hydroxylation is 2. The average Bonchev–Trinajstić information content (AvgIpc) is 3.27. The fourth-order valence-electron chi connectivity index (χ4n) is 3.01. The summed E-state index contributed by atoms with van der Waals surface area (Å²) in [6.07, 6.45) is 6.15. The van der Waals surface area contributed by atoms with Crippen molar-refractivity contribution >= 4 is 46.3 Å². The highest BCUT2D eigenvalue weighted by molar-refractivity contribution is 14.0. The van der Waals surface area contributed by atoms with Crippen LogP contribution in [0.3, 0.4) is 0 Å². The molecular weight excluding hydrogens is 447 g/mol. The Morgan fingerprint density at radius 3 is 2.72 bits per heavy atom. The van der Waals surface area contributed by atoms with Gasteiger partial charge in [-0.15, -0.1) is 35.3 Å². The van der Waals surface area contributed by atoms with Crippen molar-refractivity contribution in [3.8, 4) is 0 Å². The number of piperazine rings is 1. The molecule has 0 aliphatic carbocycles. The quantitative estimate of drug-likeness (QED) is 0.313. The van der Waals surface area contributed by atoms with Crippen molar-refractivity contribution < 1.29 is 0 Å². The van der Waals surface area contributed by atoms with Gasteiger partial charge in [-0.2, -0.15) is 5.10 Å². The second-order valence-electron chi connectivity index (χ2n) is 6.03. The minimum atomic E-state index is 0. The van der Waals surface area contributed by atoms with Crippen molar-refractivity contribution in [1.82, 2.24) is 20.0 Å². The molecule has 2 aromatic heterocycles. The summed E-state index contributed by atoms with van der Waals surface area (Å²) < 4.78 is 1.86. The van der Waals surface area contributed by atoms with Gasteiger partial charge in [0.15, 0.2) is 5.96 Å². The van der Waals surface area contributed by atoms with Crippen LogP contribution >= 0.6 is 35.3 Å². The van der Waals surface area contributed by atoms with Gasteiger partial charge in [0.25, 0.3) is 0 Å². The molecule has 0 atom stereocenters. The maximum atomic E-state index is 4.45. The number of nitrogens with zero attached hydrogens (tertiary/aromatic N) is 5. The second-order valence-corrected chi connectivity index (χ2v) is 6.95. The smallest absolute Gasteiger partial charge is 0.193 e. The van der Waals surface area contributed by atoms with Gasteiger partial charge in [0, 0.05) is 53.0 Å². The first-order chi connectivity index (χ1) is 11.8. The van der Waals surface area contributed by atoms with Gasteiger partial charge >= 0.3 is 0 Å². The van der Waals surface area contributed by atoms with Gasteiger partial charge in [0.2, 0.25) is 0 Å². The molecule has 2 aromatic rings. The molecule has 6 nitrogen and oxygen atoms in total. The van der Waals surface area contributed by atoms with Crippen molar-refractivity contribution in [3.63, 3.8) is 0 Å². The van der Waals surface area contributed by atoms with Crippen molar-refractivity contribution in [2.75, 3.05) is 44.7 Å². The van der Waals surface area contributed by atoms with Crippen LogP contribution in [0.5, 0.6) is 0 Å². The van der Waals surface area contributed by atoms with Gasteiger partial charge in [-0.05, 0) is 35.9 Å². The zero-order valence-electron chi connectivity index (χ0n) is 14.9. The molecular formula is C17H27IN6S. The predicted octanol–water partition coefficient (Wildman–Crippen LogP) is 2.43. The fourth-order valence-corrected chi connectivity index (χ4v) is 3.80. The summed E-state index contributed by atoms with van der Waals surface area (Å²) in [6, 6.07) is 4.32. The number of nitrogens with one attached hydrogen (secondary N) is 1. The van der Waals surface area contributed by atoms with Gasteiger partial charge in [0.05, 0.1) is 11.2 Å². The molecule has 138 valence electrons. The summed E-state index contributed by atoms with van der Waals surface area (Å²) in [5.41, 5.74) is 1.29. The first-order valence-corrected chi connectivity index (χ1v) is 9.36. The van der Waals surface area contributed by atoms with E-state index >= 15 is 0 Å². The lowest BCUT2D eigenvalue weighted by Crippen LogP contribution is -2.52. The van der Waals surface area contributed by atoms with Crippen molar-refractivity contribution in [2.24, 2.45) is 12.0 Å². The Morgan fingerprint density at radius 1 is 1.32 bits per heavy atom. The first kappa shape index (κ1) is 20.0. The van der Waals surface area contributed by atoms with Gasteiger partial charge in [-0.1, -0.05) is 0 Å². The number of hydrogen-bond donors (Lipinski definition) is 1. The molecule has 1 N–H and O–H groups in total. The standard InChI is InChI=1S/C17H26N6S.HI/c1-18-17(19-7-3-5-15-13-20-21(2)14-15)23-10-8-22(9-11-23)16-6-4-12-24-16;/h4,6,12-14H,3,5,7-11H2,1-2H3,(H,18,19);1H. The molecule has 1 fully saturated rings. The van der Waals surface area contributed by atoms with E-state index in [0.717, 1.165) is 51.5 Å². The zero-order chi connectivity index (χ0) is 16.8. The molecule has 0 aromatic carbocycles.